The van der Waals surface area contributed by atoms with E-state index >= 15 is 0 Å². The maximum absolute atomic E-state index is 13.3. The van der Waals surface area contributed by atoms with Gasteiger partial charge in [-0.05, 0) is 36.8 Å². The summed E-state index contributed by atoms with van der Waals surface area (Å²) >= 11 is 1.22. The number of nitrogens with one attached hydrogen (secondary N) is 1. The van der Waals surface area contributed by atoms with Crippen LogP contribution in [-0.2, 0) is 19.6 Å². The predicted molar refractivity (Wildman–Crippen MR) is 125 cm³/mol. The summed E-state index contributed by atoms with van der Waals surface area (Å²) in [6, 6.07) is 11.5. The number of piperidine rings is 1. The van der Waals surface area contributed by atoms with Gasteiger partial charge in [-0.15, -0.1) is 11.3 Å². The second kappa shape index (κ2) is 10.4. The second-order valence-corrected chi connectivity index (χ2v) is 11.6. The lowest BCUT2D eigenvalue weighted by molar-refractivity contribution is -0.127. The van der Waals surface area contributed by atoms with Crippen LogP contribution in [0.15, 0.2) is 46.0 Å². The van der Waals surface area contributed by atoms with Gasteiger partial charge in [0.25, 0.3) is 10.0 Å². The Hall–Kier alpha value is -1.78. The van der Waals surface area contributed by atoms with Crippen LogP contribution < -0.4 is 5.32 Å². The van der Waals surface area contributed by atoms with E-state index < -0.39 is 10.0 Å². The van der Waals surface area contributed by atoms with Crippen molar-refractivity contribution < 1.29 is 17.9 Å². The molecule has 2 atom stereocenters. The van der Waals surface area contributed by atoms with Crippen LogP contribution >= 0.6 is 11.3 Å². The van der Waals surface area contributed by atoms with Gasteiger partial charge in [-0.2, -0.15) is 4.31 Å². The van der Waals surface area contributed by atoms with Crippen LogP contribution in [0.1, 0.15) is 30.0 Å². The Morgan fingerprint density at radius 1 is 1.19 bits per heavy atom. The van der Waals surface area contributed by atoms with Crippen molar-refractivity contribution in [3.05, 3.63) is 52.9 Å². The molecule has 2 aromatic rings. The number of benzene rings is 1. The molecule has 0 spiro atoms. The van der Waals surface area contributed by atoms with E-state index in [1.165, 1.54) is 21.2 Å². The number of nitrogens with zero attached hydrogens (tertiary/aromatic N) is 2. The minimum absolute atomic E-state index is 0.0742. The largest absolute Gasteiger partial charge is 0.379 e. The predicted octanol–water partition coefficient (Wildman–Crippen LogP) is 2.65. The molecule has 0 radical (unpaired) electrons. The summed E-state index contributed by atoms with van der Waals surface area (Å²) in [6.45, 7) is 6.53. The Morgan fingerprint density at radius 3 is 2.62 bits per heavy atom. The van der Waals surface area contributed by atoms with Crippen LogP contribution in [0.25, 0.3) is 0 Å². The van der Waals surface area contributed by atoms with Crippen molar-refractivity contribution in [1.82, 2.24) is 14.5 Å². The number of ether oxygens (including phenoxy) is 1. The monoisotopic (exact) mass is 477 g/mol. The second-order valence-electron chi connectivity index (χ2n) is 8.52. The summed E-state index contributed by atoms with van der Waals surface area (Å²) in [6.07, 6.45) is 1.38. The first-order valence-corrected chi connectivity index (χ1v) is 13.5. The van der Waals surface area contributed by atoms with Crippen molar-refractivity contribution in [2.45, 2.75) is 30.0 Å². The number of carbonyl (C=O) groups is 1. The summed E-state index contributed by atoms with van der Waals surface area (Å²) in [5.41, 5.74) is 2.24. The number of aryl methyl sites for hydroxylation is 1. The van der Waals surface area contributed by atoms with Crippen LogP contribution in [0.3, 0.4) is 0 Å². The van der Waals surface area contributed by atoms with Gasteiger partial charge in [0.05, 0.1) is 25.2 Å². The average molecular weight is 478 g/mol. The fraction of sp³-hybridized carbons (Fsp3) is 0.522. The molecular weight excluding hydrogens is 446 g/mol. The van der Waals surface area contributed by atoms with Crippen LogP contribution in [-0.4, -0.2) is 69.5 Å². The van der Waals surface area contributed by atoms with Crippen LogP contribution in [0, 0.1) is 12.8 Å². The van der Waals surface area contributed by atoms with Gasteiger partial charge >= 0.3 is 0 Å². The van der Waals surface area contributed by atoms with Crippen molar-refractivity contribution in [3.8, 4) is 0 Å². The van der Waals surface area contributed by atoms with Crippen molar-refractivity contribution in [1.29, 1.82) is 0 Å². The van der Waals surface area contributed by atoms with Gasteiger partial charge in [0.1, 0.15) is 4.21 Å². The van der Waals surface area contributed by atoms with Gasteiger partial charge in [0.2, 0.25) is 5.91 Å². The van der Waals surface area contributed by atoms with Crippen molar-refractivity contribution >= 4 is 27.3 Å². The van der Waals surface area contributed by atoms with Gasteiger partial charge in [-0.25, -0.2) is 8.42 Å². The number of amides is 1. The van der Waals surface area contributed by atoms with Gasteiger partial charge in [0.15, 0.2) is 0 Å². The fourth-order valence-corrected chi connectivity index (χ4v) is 6.95. The third-order valence-electron chi connectivity index (χ3n) is 6.18. The van der Waals surface area contributed by atoms with E-state index in [0.29, 0.717) is 43.4 Å². The summed E-state index contributed by atoms with van der Waals surface area (Å²) in [5.74, 6) is -0.425. The van der Waals surface area contributed by atoms with E-state index in [4.69, 9.17) is 4.74 Å². The Kier molecular flexibility index (Phi) is 7.63. The van der Waals surface area contributed by atoms with Crippen LogP contribution in [0.5, 0.6) is 0 Å². The third kappa shape index (κ3) is 5.58. The zero-order chi connectivity index (χ0) is 22.6. The van der Waals surface area contributed by atoms with Crippen molar-refractivity contribution in [2.24, 2.45) is 5.92 Å². The Morgan fingerprint density at radius 2 is 1.94 bits per heavy atom. The molecule has 0 aliphatic carbocycles. The number of hydrogen-bond acceptors (Lipinski definition) is 6. The van der Waals surface area contributed by atoms with E-state index in [9.17, 15) is 13.2 Å². The first kappa shape index (κ1) is 23.4. The molecule has 174 valence electrons. The molecule has 0 bridgehead atoms. The van der Waals surface area contributed by atoms with Crippen molar-refractivity contribution in [3.63, 3.8) is 0 Å². The number of hydrogen-bond donors (Lipinski definition) is 1. The highest BCUT2D eigenvalue weighted by molar-refractivity contribution is 7.91. The fourth-order valence-electron chi connectivity index (χ4n) is 4.28. The summed E-state index contributed by atoms with van der Waals surface area (Å²) in [4.78, 5) is 15.6. The first-order valence-electron chi connectivity index (χ1n) is 11.1. The summed E-state index contributed by atoms with van der Waals surface area (Å²) in [7, 11) is -3.54. The average Bonchev–Trinajstić information content (AvgIpc) is 3.36. The van der Waals surface area contributed by atoms with Gasteiger partial charge < -0.3 is 10.1 Å². The minimum Gasteiger partial charge on any atom is -0.379 e. The SMILES string of the molecule is Cc1ccc([C@H](CN2CCOCC2)NC(=O)[C@H]2CCCN(S(=O)(=O)c3cccs3)C2)cc1. The lowest BCUT2D eigenvalue weighted by Gasteiger charge is -2.34. The van der Waals surface area contributed by atoms with Crippen LogP contribution in [0.2, 0.25) is 0 Å². The van der Waals surface area contributed by atoms with Crippen LogP contribution in [0.4, 0.5) is 0 Å². The van der Waals surface area contributed by atoms with Gasteiger partial charge in [-0.1, -0.05) is 35.9 Å². The molecule has 2 aliphatic rings. The van der Waals surface area contributed by atoms with E-state index in [-0.39, 0.29) is 24.4 Å². The van der Waals surface area contributed by atoms with Gasteiger partial charge in [0, 0.05) is 32.7 Å². The summed E-state index contributed by atoms with van der Waals surface area (Å²) < 4.78 is 33.1. The lowest BCUT2D eigenvalue weighted by Crippen LogP contribution is -2.48. The normalized spacial score (nSPS) is 21.8. The molecule has 1 N–H and O–H groups in total. The number of thiophene rings is 1. The molecule has 2 saturated heterocycles. The Bertz CT molecular complexity index is 987. The zero-order valence-corrected chi connectivity index (χ0v) is 20.0. The zero-order valence-electron chi connectivity index (χ0n) is 18.4. The molecule has 0 saturated carbocycles. The molecule has 7 nitrogen and oxygen atoms in total. The topological polar surface area (TPSA) is 79.0 Å². The highest BCUT2D eigenvalue weighted by Crippen LogP contribution is 2.27. The molecule has 2 fully saturated rings. The quantitative estimate of drug-likeness (QED) is 0.663. The smallest absolute Gasteiger partial charge is 0.252 e. The molecular formula is C23H31N3O4S2. The molecule has 0 unspecified atom stereocenters. The molecule has 2 aliphatic heterocycles. The number of rotatable bonds is 7. The number of sulfonamides is 1. The van der Waals surface area contributed by atoms with Gasteiger partial charge in [-0.3, -0.25) is 9.69 Å². The number of carbonyl (C=O) groups excluding carboxylic acids is 1. The standard InChI is InChI=1S/C23H31N3O4S2/c1-18-6-8-19(9-7-18)21(17-25-11-13-30-14-12-25)24-23(27)20-4-2-10-26(16-20)32(28,29)22-5-3-15-31-22/h3,5-9,15,20-21H,2,4,10-14,16-17H2,1H3,(H,24,27)/t20-,21-/m0/s1. The van der Waals surface area contributed by atoms with Crippen molar-refractivity contribution in [2.75, 3.05) is 45.9 Å². The number of morpholine rings is 1. The van der Waals surface area contributed by atoms with E-state index in [1.54, 1.807) is 17.5 Å². The highest BCUT2D eigenvalue weighted by Gasteiger charge is 2.34. The Labute approximate surface area is 194 Å². The molecule has 1 aromatic carbocycles. The Balaban J connectivity index is 1.46. The first-order chi connectivity index (χ1) is 15.4. The van der Waals surface area contributed by atoms with E-state index in [1.807, 2.05) is 6.92 Å². The maximum atomic E-state index is 13.3. The maximum Gasteiger partial charge on any atom is 0.252 e. The lowest BCUT2D eigenvalue weighted by atomic mass is 9.97. The summed E-state index contributed by atoms with van der Waals surface area (Å²) in [5, 5.41) is 5.00. The molecule has 3 heterocycles. The highest BCUT2D eigenvalue weighted by atomic mass is 32.2. The van der Waals surface area contributed by atoms with E-state index in [2.05, 4.69) is 34.5 Å². The minimum atomic E-state index is -3.54. The molecule has 1 amide bonds. The third-order valence-corrected chi connectivity index (χ3v) is 9.42. The van der Waals surface area contributed by atoms with E-state index in [0.717, 1.165) is 18.7 Å². The molecule has 4 rings (SSSR count). The molecule has 1 aromatic heterocycles. The molecule has 32 heavy (non-hydrogen) atoms. The molecule has 9 heteroatoms.